The van der Waals surface area contributed by atoms with Gasteiger partial charge in [0.1, 0.15) is 12.1 Å². The summed E-state index contributed by atoms with van der Waals surface area (Å²) in [6.45, 7) is 1.92. The van der Waals surface area contributed by atoms with Crippen LogP contribution in [0, 0.1) is 0 Å². The van der Waals surface area contributed by atoms with Crippen LogP contribution in [-0.2, 0) is 14.4 Å². The molecular formula is C15H18N2O5. The lowest BCUT2D eigenvalue weighted by Gasteiger charge is -2.24. The second-order valence-electron chi connectivity index (χ2n) is 5.12. The molecule has 1 amide bonds. The van der Waals surface area contributed by atoms with E-state index in [1.165, 1.54) is 11.8 Å². The predicted octanol–water partition coefficient (Wildman–Crippen LogP) is 0.812. The Kier molecular flexibility index (Phi) is 5.11. The number of nitrogens with zero attached hydrogens (tertiary/aromatic N) is 1. The molecule has 1 heterocycles. The Morgan fingerprint density at radius 3 is 2.64 bits per heavy atom. The zero-order valence-corrected chi connectivity index (χ0v) is 12.2. The van der Waals surface area contributed by atoms with Crippen LogP contribution in [-0.4, -0.2) is 46.5 Å². The van der Waals surface area contributed by atoms with Gasteiger partial charge in [-0.2, -0.15) is 0 Å². The van der Waals surface area contributed by atoms with Gasteiger partial charge in [-0.05, 0) is 31.9 Å². The van der Waals surface area contributed by atoms with Crippen LogP contribution in [0.1, 0.15) is 30.1 Å². The van der Waals surface area contributed by atoms with E-state index in [2.05, 4.69) is 5.48 Å². The van der Waals surface area contributed by atoms with Gasteiger partial charge in [0.25, 0.3) is 0 Å². The van der Waals surface area contributed by atoms with Gasteiger partial charge in [-0.25, -0.2) is 9.59 Å². The predicted molar refractivity (Wildman–Crippen MR) is 76.8 cm³/mol. The summed E-state index contributed by atoms with van der Waals surface area (Å²) < 4.78 is 0. The third-order valence-electron chi connectivity index (χ3n) is 3.53. The molecule has 1 saturated heterocycles. The number of likely N-dealkylation sites (tertiary alicyclic amines) is 1. The van der Waals surface area contributed by atoms with Gasteiger partial charge < -0.3 is 14.8 Å². The molecule has 0 radical (unpaired) electrons. The van der Waals surface area contributed by atoms with Crippen LogP contribution in [0.25, 0.3) is 0 Å². The third kappa shape index (κ3) is 3.62. The Labute approximate surface area is 127 Å². The Balaban J connectivity index is 1.89. The van der Waals surface area contributed by atoms with Crippen molar-refractivity contribution in [2.45, 2.75) is 31.8 Å². The summed E-state index contributed by atoms with van der Waals surface area (Å²) in [7, 11) is 0. The average Bonchev–Trinajstić information content (AvgIpc) is 3.02. The van der Waals surface area contributed by atoms with E-state index in [1.54, 1.807) is 30.3 Å². The second kappa shape index (κ2) is 7.04. The summed E-state index contributed by atoms with van der Waals surface area (Å²) in [4.78, 5) is 41.3. The van der Waals surface area contributed by atoms with Crippen LogP contribution in [0.3, 0.4) is 0 Å². The van der Waals surface area contributed by atoms with Crippen LogP contribution in [0.5, 0.6) is 0 Å². The average molecular weight is 306 g/mol. The molecular weight excluding hydrogens is 288 g/mol. The summed E-state index contributed by atoms with van der Waals surface area (Å²) in [5.74, 6) is -2.01. The van der Waals surface area contributed by atoms with Gasteiger partial charge in [0.05, 0.1) is 5.56 Å². The third-order valence-corrected chi connectivity index (χ3v) is 3.53. The minimum absolute atomic E-state index is 0.360. The van der Waals surface area contributed by atoms with Crippen LogP contribution in [0.2, 0.25) is 0 Å². The Morgan fingerprint density at radius 1 is 1.32 bits per heavy atom. The standard InChI is InChI=1S/C15H18N2O5/c1-10(13(18)17-9-5-8-12(17)14(19)20)16-22-15(21)11-6-3-2-4-7-11/h2-4,6-7,10,12,16H,5,8-9H2,1H3,(H,19,20). The first-order chi connectivity index (χ1) is 10.5. The molecule has 7 nitrogen and oxygen atoms in total. The zero-order chi connectivity index (χ0) is 16.1. The SMILES string of the molecule is CC(NOC(=O)c1ccccc1)C(=O)N1CCCC1C(=O)O. The van der Waals surface area contributed by atoms with E-state index in [-0.39, 0.29) is 0 Å². The number of nitrogens with one attached hydrogen (secondary N) is 1. The molecule has 0 bridgehead atoms. The van der Waals surface area contributed by atoms with E-state index in [0.29, 0.717) is 24.9 Å². The van der Waals surface area contributed by atoms with Crippen molar-refractivity contribution in [1.29, 1.82) is 0 Å². The molecule has 7 heteroatoms. The molecule has 2 N–H and O–H groups in total. The lowest BCUT2D eigenvalue weighted by Crippen LogP contribution is -2.49. The van der Waals surface area contributed by atoms with Gasteiger partial charge in [-0.1, -0.05) is 18.2 Å². The molecule has 0 saturated carbocycles. The van der Waals surface area contributed by atoms with E-state index in [4.69, 9.17) is 9.94 Å². The molecule has 0 aliphatic carbocycles. The van der Waals surface area contributed by atoms with Gasteiger partial charge in [-0.15, -0.1) is 5.48 Å². The lowest BCUT2D eigenvalue weighted by molar-refractivity contribution is -0.150. The molecule has 1 aliphatic heterocycles. The van der Waals surface area contributed by atoms with Crippen molar-refractivity contribution in [3.05, 3.63) is 35.9 Å². The maximum atomic E-state index is 12.2. The Morgan fingerprint density at radius 2 is 2.00 bits per heavy atom. The van der Waals surface area contributed by atoms with Gasteiger partial charge >= 0.3 is 11.9 Å². The van der Waals surface area contributed by atoms with Crippen LogP contribution in [0.15, 0.2) is 30.3 Å². The normalized spacial score (nSPS) is 18.8. The highest BCUT2D eigenvalue weighted by atomic mass is 16.7. The van der Waals surface area contributed by atoms with Crippen molar-refractivity contribution in [3.63, 3.8) is 0 Å². The van der Waals surface area contributed by atoms with Crippen molar-refractivity contribution < 1.29 is 24.3 Å². The summed E-state index contributed by atoms with van der Waals surface area (Å²) in [5.41, 5.74) is 2.74. The number of carboxylic acid groups (broad SMARTS) is 1. The number of hydrogen-bond acceptors (Lipinski definition) is 5. The highest BCUT2D eigenvalue weighted by Crippen LogP contribution is 2.18. The highest BCUT2D eigenvalue weighted by molar-refractivity contribution is 5.90. The molecule has 2 atom stereocenters. The summed E-state index contributed by atoms with van der Waals surface area (Å²) >= 11 is 0. The molecule has 0 spiro atoms. The molecule has 22 heavy (non-hydrogen) atoms. The number of hydroxylamine groups is 1. The molecule has 1 fully saturated rings. The van der Waals surface area contributed by atoms with Crippen LogP contribution in [0.4, 0.5) is 0 Å². The molecule has 1 aromatic carbocycles. The van der Waals surface area contributed by atoms with E-state index >= 15 is 0 Å². The number of hydrogen-bond donors (Lipinski definition) is 2. The van der Waals surface area contributed by atoms with Gasteiger partial charge in [-0.3, -0.25) is 4.79 Å². The molecule has 1 aliphatic rings. The van der Waals surface area contributed by atoms with E-state index in [1.807, 2.05) is 0 Å². The number of benzene rings is 1. The number of amides is 1. The van der Waals surface area contributed by atoms with Crippen molar-refractivity contribution in [3.8, 4) is 0 Å². The summed E-state index contributed by atoms with van der Waals surface area (Å²) in [5, 5.41) is 9.08. The summed E-state index contributed by atoms with van der Waals surface area (Å²) in [6.07, 6.45) is 1.09. The first kappa shape index (κ1) is 16.0. The topological polar surface area (TPSA) is 95.9 Å². The number of carbonyl (C=O) groups excluding carboxylic acids is 2. The Bertz CT molecular complexity index is 560. The van der Waals surface area contributed by atoms with Crippen LogP contribution < -0.4 is 5.48 Å². The summed E-state index contributed by atoms with van der Waals surface area (Å²) in [6, 6.07) is 6.75. The second-order valence-corrected chi connectivity index (χ2v) is 5.12. The first-order valence-electron chi connectivity index (χ1n) is 7.05. The molecule has 2 unspecified atom stereocenters. The zero-order valence-electron chi connectivity index (χ0n) is 12.2. The van der Waals surface area contributed by atoms with Gasteiger partial charge in [0.15, 0.2) is 0 Å². The maximum Gasteiger partial charge on any atom is 0.356 e. The monoisotopic (exact) mass is 306 g/mol. The largest absolute Gasteiger partial charge is 0.480 e. The molecule has 0 aromatic heterocycles. The lowest BCUT2D eigenvalue weighted by atomic mass is 10.2. The fourth-order valence-corrected chi connectivity index (χ4v) is 2.36. The van der Waals surface area contributed by atoms with Crippen LogP contribution >= 0.6 is 0 Å². The minimum atomic E-state index is -1.01. The van der Waals surface area contributed by atoms with Crippen molar-refractivity contribution in [1.82, 2.24) is 10.4 Å². The fraction of sp³-hybridized carbons (Fsp3) is 0.400. The number of rotatable bonds is 5. The molecule has 2 rings (SSSR count). The minimum Gasteiger partial charge on any atom is -0.480 e. The highest BCUT2D eigenvalue weighted by Gasteiger charge is 2.36. The van der Waals surface area contributed by atoms with E-state index < -0.39 is 29.9 Å². The maximum absolute atomic E-state index is 12.2. The van der Waals surface area contributed by atoms with Crippen molar-refractivity contribution >= 4 is 17.8 Å². The first-order valence-corrected chi connectivity index (χ1v) is 7.05. The van der Waals surface area contributed by atoms with Gasteiger partial charge in [0, 0.05) is 6.54 Å². The number of carbonyl (C=O) groups is 3. The van der Waals surface area contributed by atoms with Gasteiger partial charge in [0.2, 0.25) is 5.91 Å². The number of carboxylic acids is 1. The van der Waals surface area contributed by atoms with E-state index in [9.17, 15) is 14.4 Å². The molecule has 118 valence electrons. The van der Waals surface area contributed by atoms with Crippen molar-refractivity contribution in [2.75, 3.05) is 6.54 Å². The van der Waals surface area contributed by atoms with E-state index in [0.717, 1.165) is 0 Å². The quantitative estimate of drug-likeness (QED) is 0.782. The Hall–Kier alpha value is -2.41. The molecule has 1 aromatic rings. The fourth-order valence-electron chi connectivity index (χ4n) is 2.36. The smallest absolute Gasteiger partial charge is 0.356 e. The number of aliphatic carboxylic acids is 1. The van der Waals surface area contributed by atoms with Crippen molar-refractivity contribution in [2.24, 2.45) is 0 Å².